The maximum absolute atomic E-state index is 12.4. The molecule has 1 N–H and O–H groups in total. The lowest BCUT2D eigenvalue weighted by Crippen LogP contribution is -2.42. The molecule has 132 valence electrons. The first-order valence-corrected chi connectivity index (χ1v) is 9.39. The Morgan fingerprint density at radius 1 is 1.58 bits per heavy atom. The zero-order chi connectivity index (χ0) is 17.4. The third kappa shape index (κ3) is 5.09. The average molecular weight is 349 g/mol. The number of hydrogen-bond donors (Lipinski definition) is 1. The van der Waals surface area contributed by atoms with E-state index in [1.807, 2.05) is 18.0 Å². The second-order valence-corrected chi connectivity index (χ2v) is 7.01. The van der Waals surface area contributed by atoms with E-state index in [0.717, 1.165) is 44.9 Å². The molecule has 2 rings (SSSR count). The van der Waals surface area contributed by atoms with Gasteiger partial charge in [0.25, 0.3) is 0 Å². The molecule has 6 heteroatoms. The Bertz CT molecular complexity index is 581. The summed E-state index contributed by atoms with van der Waals surface area (Å²) in [5.41, 5.74) is 1.31. The highest BCUT2D eigenvalue weighted by molar-refractivity contribution is 7.10. The van der Waals surface area contributed by atoms with E-state index >= 15 is 0 Å². The predicted octanol–water partition coefficient (Wildman–Crippen LogP) is 2.50. The second kappa shape index (κ2) is 9.47. The first-order chi connectivity index (χ1) is 11.7. The number of allylic oxidation sites excluding steroid dienone is 1. The molecular weight excluding hydrogens is 320 g/mol. The van der Waals surface area contributed by atoms with Gasteiger partial charge in [0.05, 0.1) is 0 Å². The molecule has 1 amide bonds. The number of aliphatic imine (C=N–C) groups is 1. The van der Waals surface area contributed by atoms with E-state index in [4.69, 9.17) is 0 Å². The molecule has 1 aliphatic rings. The molecule has 24 heavy (non-hydrogen) atoms. The van der Waals surface area contributed by atoms with Gasteiger partial charge in [-0.2, -0.15) is 0 Å². The average Bonchev–Trinajstić information content (AvgIpc) is 3.06. The maximum atomic E-state index is 12.4. The monoisotopic (exact) mass is 348 g/mol. The zero-order valence-corrected chi connectivity index (χ0v) is 15.6. The van der Waals surface area contributed by atoms with Crippen molar-refractivity contribution in [1.82, 2.24) is 15.1 Å². The van der Waals surface area contributed by atoms with Crippen molar-refractivity contribution in [3.8, 4) is 0 Å². The molecular formula is C18H28N4OS. The summed E-state index contributed by atoms with van der Waals surface area (Å²) in [7, 11) is 3.79. The number of unbranched alkanes of at least 4 members (excludes halogenated alkanes) is 1. The third-order valence-corrected chi connectivity index (χ3v) is 5.28. The van der Waals surface area contributed by atoms with Gasteiger partial charge < -0.3 is 15.1 Å². The van der Waals surface area contributed by atoms with Gasteiger partial charge in [-0.15, -0.1) is 17.9 Å². The minimum atomic E-state index is 0.212. The molecule has 0 bridgehead atoms. The van der Waals surface area contributed by atoms with Gasteiger partial charge >= 0.3 is 0 Å². The van der Waals surface area contributed by atoms with Crippen molar-refractivity contribution in [2.45, 2.75) is 32.2 Å². The number of thiophene rings is 1. The number of fused-ring (bicyclic) bond motifs is 1. The van der Waals surface area contributed by atoms with E-state index in [1.54, 1.807) is 18.4 Å². The van der Waals surface area contributed by atoms with Crippen molar-refractivity contribution in [2.24, 2.45) is 4.99 Å². The molecule has 2 heterocycles. The second-order valence-electron chi connectivity index (χ2n) is 6.01. The van der Waals surface area contributed by atoms with Gasteiger partial charge in [-0.05, 0) is 36.3 Å². The summed E-state index contributed by atoms with van der Waals surface area (Å²) in [5, 5.41) is 5.40. The Hall–Kier alpha value is -1.82. The van der Waals surface area contributed by atoms with E-state index in [2.05, 4.69) is 33.2 Å². The minimum Gasteiger partial charge on any atom is -0.356 e. The number of hydrogen-bond acceptors (Lipinski definition) is 3. The predicted molar refractivity (Wildman–Crippen MR) is 101 cm³/mol. The van der Waals surface area contributed by atoms with Crippen molar-refractivity contribution < 1.29 is 4.79 Å². The summed E-state index contributed by atoms with van der Waals surface area (Å²) in [5.74, 6) is 1.05. The fourth-order valence-electron chi connectivity index (χ4n) is 2.86. The van der Waals surface area contributed by atoms with Crippen molar-refractivity contribution in [3.63, 3.8) is 0 Å². The van der Waals surface area contributed by atoms with Gasteiger partial charge in [0, 0.05) is 51.6 Å². The van der Waals surface area contributed by atoms with Crippen LogP contribution in [0.25, 0.3) is 0 Å². The van der Waals surface area contributed by atoms with Crippen LogP contribution < -0.4 is 5.32 Å². The lowest BCUT2D eigenvalue weighted by Gasteiger charge is -2.27. The van der Waals surface area contributed by atoms with Crippen molar-refractivity contribution in [2.75, 3.05) is 33.7 Å². The highest BCUT2D eigenvalue weighted by atomic mass is 32.1. The van der Waals surface area contributed by atoms with E-state index in [0.29, 0.717) is 13.0 Å². The number of carbonyl (C=O) groups excluding carboxylic acids is 1. The quantitative estimate of drug-likeness (QED) is 0.356. The Labute approximate surface area is 149 Å². The van der Waals surface area contributed by atoms with Gasteiger partial charge in [0.1, 0.15) is 0 Å². The fraction of sp³-hybridized carbons (Fsp3) is 0.556. The Morgan fingerprint density at radius 3 is 3.17 bits per heavy atom. The lowest BCUT2D eigenvalue weighted by molar-refractivity contribution is -0.131. The molecule has 0 unspecified atom stereocenters. The fourth-order valence-corrected chi connectivity index (χ4v) is 3.75. The standard InChI is InChI=1S/C18H28N4OS/c1-4-5-6-11-21(3)18(19-2)20-10-7-17(23)22-12-8-16-15(14-22)9-13-24-16/h4,9,13H,1,5-8,10-12,14H2,2-3H3,(H,19,20). The number of carbonyl (C=O) groups is 1. The summed E-state index contributed by atoms with van der Waals surface area (Å²) in [6, 6.07) is 2.14. The molecule has 0 radical (unpaired) electrons. The van der Waals surface area contributed by atoms with Crippen LogP contribution >= 0.6 is 11.3 Å². The van der Waals surface area contributed by atoms with Crippen LogP contribution in [0.15, 0.2) is 29.1 Å². The summed E-state index contributed by atoms with van der Waals surface area (Å²) < 4.78 is 0. The number of nitrogens with zero attached hydrogens (tertiary/aromatic N) is 3. The number of rotatable bonds is 7. The molecule has 0 fully saturated rings. The van der Waals surface area contributed by atoms with Gasteiger partial charge in [0.2, 0.25) is 5.91 Å². The van der Waals surface area contributed by atoms with Crippen molar-refractivity contribution in [3.05, 3.63) is 34.5 Å². The molecule has 1 aromatic heterocycles. The van der Waals surface area contributed by atoms with Crippen LogP contribution in [-0.4, -0.2) is 55.4 Å². The molecule has 0 aromatic carbocycles. The summed E-state index contributed by atoms with van der Waals surface area (Å²) in [6.07, 6.45) is 5.47. The van der Waals surface area contributed by atoms with Crippen molar-refractivity contribution >= 4 is 23.2 Å². The van der Waals surface area contributed by atoms with Crippen LogP contribution in [0.3, 0.4) is 0 Å². The first-order valence-electron chi connectivity index (χ1n) is 8.51. The van der Waals surface area contributed by atoms with E-state index in [1.165, 1.54) is 10.4 Å². The molecule has 0 spiro atoms. The molecule has 0 atom stereocenters. The smallest absolute Gasteiger partial charge is 0.224 e. The van der Waals surface area contributed by atoms with Gasteiger partial charge in [-0.3, -0.25) is 9.79 Å². The maximum Gasteiger partial charge on any atom is 0.224 e. The van der Waals surface area contributed by atoms with E-state index in [9.17, 15) is 4.79 Å². The molecule has 0 aliphatic carbocycles. The molecule has 0 saturated heterocycles. The molecule has 0 saturated carbocycles. The van der Waals surface area contributed by atoms with Crippen LogP contribution in [0.1, 0.15) is 29.7 Å². The van der Waals surface area contributed by atoms with Crippen LogP contribution in [0.5, 0.6) is 0 Å². The SMILES string of the molecule is C=CCCCN(C)C(=NC)NCCC(=O)N1CCc2sccc2C1. The molecule has 1 aliphatic heterocycles. The van der Waals surface area contributed by atoms with Crippen LogP contribution in [0, 0.1) is 0 Å². The normalized spacial score (nSPS) is 14.2. The van der Waals surface area contributed by atoms with Crippen LogP contribution in [0.2, 0.25) is 0 Å². The number of guanidine groups is 1. The Kier molecular flexibility index (Phi) is 7.31. The summed E-state index contributed by atoms with van der Waals surface area (Å²) in [4.78, 5) is 22.2. The Balaban J connectivity index is 1.72. The zero-order valence-electron chi connectivity index (χ0n) is 14.8. The lowest BCUT2D eigenvalue weighted by atomic mass is 10.1. The van der Waals surface area contributed by atoms with Gasteiger partial charge in [0.15, 0.2) is 5.96 Å². The number of nitrogens with one attached hydrogen (secondary N) is 1. The van der Waals surface area contributed by atoms with Gasteiger partial charge in [-0.1, -0.05) is 6.08 Å². The summed E-state index contributed by atoms with van der Waals surface area (Å²) >= 11 is 1.80. The van der Waals surface area contributed by atoms with Crippen LogP contribution in [-0.2, 0) is 17.8 Å². The minimum absolute atomic E-state index is 0.212. The van der Waals surface area contributed by atoms with Gasteiger partial charge in [-0.25, -0.2) is 0 Å². The third-order valence-electron chi connectivity index (χ3n) is 4.26. The topological polar surface area (TPSA) is 47.9 Å². The highest BCUT2D eigenvalue weighted by Gasteiger charge is 2.21. The Morgan fingerprint density at radius 2 is 2.42 bits per heavy atom. The van der Waals surface area contributed by atoms with E-state index in [-0.39, 0.29) is 5.91 Å². The highest BCUT2D eigenvalue weighted by Crippen LogP contribution is 2.24. The van der Waals surface area contributed by atoms with Crippen molar-refractivity contribution in [1.29, 1.82) is 0 Å². The van der Waals surface area contributed by atoms with E-state index < -0.39 is 0 Å². The number of amides is 1. The first kappa shape index (κ1) is 18.5. The summed E-state index contributed by atoms with van der Waals surface area (Å²) in [6.45, 7) is 6.87. The largest absolute Gasteiger partial charge is 0.356 e. The van der Waals surface area contributed by atoms with Crippen LogP contribution in [0.4, 0.5) is 0 Å². The molecule has 1 aromatic rings. The molecule has 5 nitrogen and oxygen atoms in total.